The van der Waals surface area contributed by atoms with Gasteiger partial charge in [-0.2, -0.15) is 24.9 Å². The first-order valence-electron chi connectivity index (χ1n) is 6.08. The summed E-state index contributed by atoms with van der Waals surface area (Å²) >= 11 is 1.61. The molecule has 3 nitrogen and oxygen atoms in total. The van der Waals surface area contributed by atoms with E-state index in [4.69, 9.17) is 5.11 Å². The van der Waals surface area contributed by atoms with Crippen molar-refractivity contribution in [3.8, 4) is 0 Å². The molecule has 21 heavy (non-hydrogen) atoms. The van der Waals surface area contributed by atoms with E-state index in [1.807, 2.05) is 6.26 Å². The Hall–Kier alpha value is -1.63. The van der Waals surface area contributed by atoms with Gasteiger partial charge in [0, 0.05) is 31.1 Å². The highest BCUT2D eigenvalue weighted by Crippen LogP contribution is 2.35. The van der Waals surface area contributed by atoms with Gasteiger partial charge in [-0.3, -0.25) is 0 Å². The number of alkyl halides is 3. The lowest BCUT2D eigenvalue weighted by Crippen LogP contribution is -2.21. The van der Waals surface area contributed by atoms with Gasteiger partial charge in [-0.05, 0) is 30.0 Å². The Kier molecular flexibility index (Phi) is 6.14. The third-order valence-electron chi connectivity index (χ3n) is 2.82. The van der Waals surface area contributed by atoms with Gasteiger partial charge >= 0.3 is 12.1 Å². The molecule has 0 bridgehead atoms. The second kappa shape index (κ2) is 7.40. The lowest BCUT2D eigenvalue weighted by Gasteiger charge is -2.21. The van der Waals surface area contributed by atoms with Gasteiger partial charge < -0.3 is 10.0 Å². The fourth-order valence-electron chi connectivity index (χ4n) is 1.69. The number of halogens is 3. The van der Waals surface area contributed by atoms with E-state index in [1.54, 1.807) is 29.8 Å². The minimum absolute atomic E-state index is 0.160. The Balaban J connectivity index is 3.16. The first kappa shape index (κ1) is 17.4. The summed E-state index contributed by atoms with van der Waals surface area (Å²) < 4.78 is 39.2. The molecule has 116 valence electrons. The third kappa shape index (κ3) is 5.34. The summed E-state index contributed by atoms with van der Waals surface area (Å²) in [5, 5.41) is 8.53. The molecule has 1 aromatic carbocycles. The predicted molar refractivity (Wildman–Crippen MR) is 79.8 cm³/mol. The summed E-state index contributed by atoms with van der Waals surface area (Å²) in [6, 6.07) is 3.88. The van der Waals surface area contributed by atoms with Crippen LogP contribution in [0, 0.1) is 0 Å². The van der Waals surface area contributed by atoms with E-state index in [9.17, 15) is 18.0 Å². The van der Waals surface area contributed by atoms with E-state index in [0.29, 0.717) is 18.3 Å². The molecular formula is C14H16F3NO2S. The molecular weight excluding hydrogens is 303 g/mol. The molecule has 0 spiro atoms. The van der Waals surface area contributed by atoms with E-state index < -0.39 is 17.7 Å². The number of carbonyl (C=O) groups is 1. The minimum atomic E-state index is -4.53. The highest BCUT2D eigenvalue weighted by atomic mass is 32.2. The SMILES string of the molecule is CSCCN(C)c1ccc(/C=C/C(=O)O)c(C(F)(F)F)c1. The van der Waals surface area contributed by atoms with Crippen LogP contribution in [-0.2, 0) is 11.0 Å². The molecule has 0 saturated heterocycles. The number of hydrogen-bond acceptors (Lipinski definition) is 3. The molecule has 0 fully saturated rings. The standard InChI is InChI=1S/C14H16F3NO2S/c1-18(7-8-21-2)11-5-3-10(4-6-13(19)20)12(9-11)14(15,16)17/h3-6,9H,7-8H2,1-2H3,(H,19,20)/b6-4+. The molecule has 0 saturated carbocycles. The van der Waals surface area contributed by atoms with Crippen molar-refractivity contribution in [1.82, 2.24) is 0 Å². The van der Waals surface area contributed by atoms with Crippen molar-refractivity contribution in [3.05, 3.63) is 35.4 Å². The molecule has 0 aliphatic carbocycles. The maximum atomic E-state index is 13.1. The van der Waals surface area contributed by atoms with Gasteiger partial charge in [0.1, 0.15) is 0 Å². The molecule has 0 radical (unpaired) electrons. The number of anilines is 1. The highest BCUT2D eigenvalue weighted by molar-refractivity contribution is 7.98. The fraction of sp³-hybridized carbons (Fsp3) is 0.357. The van der Waals surface area contributed by atoms with Crippen LogP contribution in [0.4, 0.5) is 18.9 Å². The van der Waals surface area contributed by atoms with Gasteiger partial charge in [0.2, 0.25) is 0 Å². The van der Waals surface area contributed by atoms with Gasteiger partial charge in [-0.1, -0.05) is 6.07 Å². The van der Waals surface area contributed by atoms with Crippen LogP contribution in [0.3, 0.4) is 0 Å². The largest absolute Gasteiger partial charge is 0.478 e. The summed E-state index contributed by atoms with van der Waals surface area (Å²) in [7, 11) is 1.72. The first-order valence-corrected chi connectivity index (χ1v) is 7.47. The molecule has 0 aromatic heterocycles. The minimum Gasteiger partial charge on any atom is -0.478 e. The number of rotatable bonds is 6. The molecule has 1 aromatic rings. The molecule has 0 unspecified atom stereocenters. The number of carboxylic acid groups (broad SMARTS) is 1. The third-order valence-corrected chi connectivity index (χ3v) is 3.41. The van der Waals surface area contributed by atoms with Crippen molar-refractivity contribution in [1.29, 1.82) is 0 Å². The lowest BCUT2D eigenvalue weighted by atomic mass is 10.0. The number of benzene rings is 1. The van der Waals surface area contributed by atoms with Crippen molar-refractivity contribution in [2.24, 2.45) is 0 Å². The van der Waals surface area contributed by atoms with Gasteiger partial charge in [0.15, 0.2) is 0 Å². The summed E-state index contributed by atoms with van der Waals surface area (Å²) in [6.45, 7) is 0.628. The molecule has 0 atom stereocenters. The molecule has 0 heterocycles. The highest BCUT2D eigenvalue weighted by Gasteiger charge is 2.33. The smallest absolute Gasteiger partial charge is 0.417 e. The maximum absolute atomic E-state index is 13.1. The van der Waals surface area contributed by atoms with E-state index in [1.165, 1.54) is 6.07 Å². The van der Waals surface area contributed by atoms with Crippen LogP contribution >= 0.6 is 11.8 Å². The molecule has 1 N–H and O–H groups in total. The average molecular weight is 319 g/mol. The number of thioether (sulfide) groups is 1. The summed E-state index contributed by atoms with van der Waals surface area (Å²) in [5.41, 5.74) is -0.552. The Morgan fingerprint density at radius 2 is 2.10 bits per heavy atom. The number of hydrogen-bond donors (Lipinski definition) is 1. The molecule has 0 aliphatic heterocycles. The number of carboxylic acids is 1. The van der Waals surface area contributed by atoms with Crippen molar-refractivity contribution in [2.45, 2.75) is 6.18 Å². The van der Waals surface area contributed by atoms with E-state index in [0.717, 1.165) is 17.9 Å². The van der Waals surface area contributed by atoms with Crippen LogP contribution in [0.1, 0.15) is 11.1 Å². The second-order valence-corrected chi connectivity index (χ2v) is 5.34. The van der Waals surface area contributed by atoms with Crippen LogP contribution in [0.5, 0.6) is 0 Å². The zero-order valence-electron chi connectivity index (χ0n) is 11.6. The van der Waals surface area contributed by atoms with Gasteiger partial charge in [0.25, 0.3) is 0 Å². The monoisotopic (exact) mass is 319 g/mol. The average Bonchev–Trinajstić information content (AvgIpc) is 2.41. The quantitative estimate of drug-likeness (QED) is 0.813. The molecule has 0 amide bonds. The Morgan fingerprint density at radius 3 is 2.62 bits per heavy atom. The van der Waals surface area contributed by atoms with Crippen LogP contribution < -0.4 is 4.90 Å². The first-order chi connectivity index (χ1) is 9.75. The van der Waals surface area contributed by atoms with Crippen LogP contribution in [0.15, 0.2) is 24.3 Å². The molecule has 7 heteroatoms. The number of aliphatic carboxylic acids is 1. The van der Waals surface area contributed by atoms with Crippen molar-refractivity contribution in [3.63, 3.8) is 0 Å². The van der Waals surface area contributed by atoms with E-state index >= 15 is 0 Å². The summed E-state index contributed by atoms with van der Waals surface area (Å²) in [6.07, 6.45) is -0.957. The van der Waals surface area contributed by atoms with Crippen LogP contribution in [-0.4, -0.2) is 36.7 Å². The Morgan fingerprint density at radius 1 is 1.43 bits per heavy atom. The lowest BCUT2D eigenvalue weighted by molar-refractivity contribution is -0.137. The Bertz CT molecular complexity index is 529. The van der Waals surface area contributed by atoms with E-state index in [-0.39, 0.29) is 5.56 Å². The van der Waals surface area contributed by atoms with E-state index in [2.05, 4.69) is 0 Å². The number of nitrogens with zero attached hydrogens (tertiary/aromatic N) is 1. The van der Waals surface area contributed by atoms with Crippen molar-refractivity contribution < 1.29 is 23.1 Å². The second-order valence-electron chi connectivity index (χ2n) is 4.36. The zero-order chi connectivity index (χ0) is 16.0. The molecule has 0 aliphatic rings. The van der Waals surface area contributed by atoms with Crippen LogP contribution in [0.2, 0.25) is 0 Å². The Labute approximate surface area is 125 Å². The van der Waals surface area contributed by atoms with Crippen LogP contribution in [0.25, 0.3) is 6.08 Å². The van der Waals surface area contributed by atoms with Gasteiger partial charge in [-0.15, -0.1) is 0 Å². The van der Waals surface area contributed by atoms with Gasteiger partial charge in [-0.25, -0.2) is 4.79 Å². The van der Waals surface area contributed by atoms with Gasteiger partial charge in [0.05, 0.1) is 5.56 Å². The summed E-state index contributed by atoms with van der Waals surface area (Å²) in [4.78, 5) is 12.2. The maximum Gasteiger partial charge on any atom is 0.417 e. The zero-order valence-corrected chi connectivity index (χ0v) is 12.5. The normalized spacial score (nSPS) is 11.9. The van der Waals surface area contributed by atoms with Crippen molar-refractivity contribution in [2.75, 3.05) is 30.5 Å². The molecule has 1 rings (SSSR count). The fourth-order valence-corrected chi connectivity index (χ4v) is 2.15. The predicted octanol–water partition coefficient (Wildman–Crippen LogP) is 3.60. The van der Waals surface area contributed by atoms with Crippen molar-refractivity contribution >= 4 is 29.5 Å². The topological polar surface area (TPSA) is 40.5 Å². The summed E-state index contributed by atoms with van der Waals surface area (Å²) in [5.74, 6) is -0.484.